The highest BCUT2D eigenvalue weighted by atomic mass is 16.7. The summed E-state index contributed by atoms with van der Waals surface area (Å²) in [6.07, 6.45) is 0. The van der Waals surface area contributed by atoms with Crippen molar-refractivity contribution >= 4 is 25.2 Å². The van der Waals surface area contributed by atoms with Crippen LogP contribution in [0.5, 0.6) is 0 Å². The topological polar surface area (TPSA) is 86.6 Å². The zero-order valence-corrected chi connectivity index (χ0v) is 27.8. The van der Waals surface area contributed by atoms with Crippen LogP contribution in [0.25, 0.3) is 0 Å². The second kappa shape index (κ2) is 16.5. The molecular formula is C37H46B2O7. The number of aliphatic hydroxyl groups excluding tert-OH is 1. The SMILES string of the molecule is CO.COCOCC(c1ccccc1)c1ccccc1B1OC(C)(C)C(C)(C)O1.OB1OCC(c2ccccc2)c2ccccc21. The third-order valence-corrected chi connectivity index (χ3v) is 8.83. The van der Waals surface area contributed by atoms with Gasteiger partial charge in [0.25, 0.3) is 0 Å². The number of aliphatic hydroxyl groups is 1. The molecule has 0 amide bonds. The maximum Gasteiger partial charge on any atom is 0.495 e. The molecule has 0 spiro atoms. The zero-order valence-electron chi connectivity index (χ0n) is 27.8. The molecule has 46 heavy (non-hydrogen) atoms. The summed E-state index contributed by atoms with van der Waals surface area (Å²) in [5, 5.41) is 16.8. The molecular weight excluding hydrogens is 578 g/mol. The molecule has 6 rings (SSSR count). The summed E-state index contributed by atoms with van der Waals surface area (Å²) in [5.74, 6) is 0.285. The molecule has 0 bridgehead atoms. The number of fused-ring (bicyclic) bond motifs is 1. The fourth-order valence-corrected chi connectivity index (χ4v) is 5.69. The summed E-state index contributed by atoms with van der Waals surface area (Å²) in [7, 11) is 1.45. The predicted molar refractivity (Wildman–Crippen MR) is 185 cm³/mol. The minimum Gasteiger partial charge on any atom is -0.423 e. The molecule has 0 saturated carbocycles. The highest BCUT2D eigenvalue weighted by molar-refractivity contribution is 6.62. The molecule has 0 aliphatic carbocycles. The van der Waals surface area contributed by atoms with Crippen molar-refractivity contribution in [1.29, 1.82) is 0 Å². The van der Waals surface area contributed by atoms with Crippen LogP contribution in [0.1, 0.15) is 61.8 Å². The van der Waals surface area contributed by atoms with E-state index in [0.29, 0.717) is 13.2 Å². The van der Waals surface area contributed by atoms with Gasteiger partial charge in [-0.15, -0.1) is 0 Å². The van der Waals surface area contributed by atoms with Crippen molar-refractivity contribution < 1.29 is 33.6 Å². The van der Waals surface area contributed by atoms with Gasteiger partial charge >= 0.3 is 14.2 Å². The van der Waals surface area contributed by atoms with E-state index >= 15 is 0 Å². The Morgan fingerprint density at radius 2 is 1.30 bits per heavy atom. The van der Waals surface area contributed by atoms with Crippen LogP contribution in [-0.2, 0) is 23.4 Å². The van der Waals surface area contributed by atoms with E-state index < -0.39 is 14.2 Å². The Labute approximate surface area is 274 Å². The van der Waals surface area contributed by atoms with Gasteiger partial charge in [-0.1, -0.05) is 109 Å². The second-order valence-corrected chi connectivity index (χ2v) is 12.2. The van der Waals surface area contributed by atoms with E-state index in [1.165, 1.54) is 11.1 Å². The van der Waals surface area contributed by atoms with Crippen molar-refractivity contribution in [3.05, 3.63) is 131 Å². The van der Waals surface area contributed by atoms with Gasteiger partial charge < -0.3 is 33.6 Å². The number of hydrogen-bond donors (Lipinski definition) is 2. The van der Waals surface area contributed by atoms with Crippen LogP contribution >= 0.6 is 0 Å². The van der Waals surface area contributed by atoms with Crippen molar-refractivity contribution in [3.63, 3.8) is 0 Å². The molecule has 4 aromatic carbocycles. The van der Waals surface area contributed by atoms with Gasteiger partial charge in [0.2, 0.25) is 0 Å². The standard InChI is InChI=1S/C22H29BO4.C14H13BO2.CH4O/c1-21(2)22(3,4)27-23(26-21)20-14-10-9-13-18(20)19(15-25-16-24-5)17-11-7-6-8-12-17;16-15-14-9-5-4-8-12(14)13(10-17-15)11-6-2-1-3-7-11;1-2/h6-14,19H,15-16H2,1-5H3;1-9,13,16H,10H2;2H,1H3. The summed E-state index contributed by atoms with van der Waals surface area (Å²) in [6.45, 7) is 9.62. The first-order valence-corrected chi connectivity index (χ1v) is 15.7. The highest BCUT2D eigenvalue weighted by Gasteiger charge is 2.52. The van der Waals surface area contributed by atoms with E-state index in [2.05, 4.69) is 88.4 Å². The predicted octanol–water partition coefficient (Wildman–Crippen LogP) is 4.88. The molecule has 4 aromatic rings. The Morgan fingerprint density at radius 1 is 0.761 bits per heavy atom. The van der Waals surface area contributed by atoms with Crippen LogP contribution in [0.4, 0.5) is 0 Å². The maximum absolute atomic E-state index is 9.80. The minimum absolute atomic E-state index is 0.0663. The Kier molecular flexibility index (Phi) is 12.8. The van der Waals surface area contributed by atoms with Crippen LogP contribution in [0.3, 0.4) is 0 Å². The number of methoxy groups -OCH3 is 1. The summed E-state index contributed by atoms with van der Waals surface area (Å²) < 4.78 is 28.9. The molecule has 1 saturated heterocycles. The quantitative estimate of drug-likeness (QED) is 0.164. The summed E-state index contributed by atoms with van der Waals surface area (Å²) in [4.78, 5) is 0. The fraction of sp³-hybridized carbons (Fsp3) is 0.351. The second-order valence-electron chi connectivity index (χ2n) is 12.2. The Hall–Kier alpha value is -3.27. The number of benzene rings is 4. The van der Waals surface area contributed by atoms with E-state index in [4.69, 9.17) is 28.5 Å². The van der Waals surface area contributed by atoms with Gasteiger partial charge in [0.15, 0.2) is 0 Å². The van der Waals surface area contributed by atoms with Crippen LogP contribution in [0.15, 0.2) is 109 Å². The van der Waals surface area contributed by atoms with Gasteiger partial charge in [-0.2, -0.15) is 0 Å². The largest absolute Gasteiger partial charge is 0.495 e. The van der Waals surface area contributed by atoms with E-state index in [0.717, 1.165) is 29.2 Å². The molecule has 0 aromatic heterocycles. The van der Waals surface area contributed by atoms with Gasteiger partial charge in [-0.3, -0.25) is 0 Å². The van der Waals surface area contributed by atoms with Crippen molar-refractivity contribution in [2.75, 3.05) is 34.2 Å². The van der Waals surface area contributed by atoms with Gasteiger partial charge in [0, 0.05) is 32.7 Å². The van der Waals surface area contributed by atoms with E-state index in [-0.39, 0.29) is 29.8 Å². The van der Waals surface area contributed by atoms with Crippen molar-refractivity contribution in [2.24, 2.45) is 0 Å². The molecule has 2 N–H and O–H groups in total. The van der Waals surface area contributed by atoms with E-state index in [1.54, 1.807) is 7.11 Å². The molecule has 2 aliphatic rings. The van der Waals surface area contributed by atoms with E-state index in [9.17, 15) is 5.02 Å². The fourth-order valence-electron chi connectivity index (χ4n) is 5.69. The smallest absolute Gasteiger partial charge is 0.423 e. The average molecular weight is 624 g/mol. The van der Waals surface area contributed by atoms with Crippen molar-refractivity contribution in [3.8, 4) is 0 Å². The molecule has 2 atom stereocenters. The van der Waals surface area contributed by atoms with Crippen LogP contribution in [-0.4, -0.2) is 69.8 Å². The van der Waals surface area contributed by atoms with Gasteiger partial charge in [-0.25, -0.2) is 0 Å². The summed E-state index contributed by atoms with van der Waals surface area (Å²) >= 11 is 0. The summed E-state index contributed by atoms with van der Waals surface area (Å²) in [6, 6.07) is 36.9. The highest BCUT2D eigenvalue weighted by Crippen LogP contribution is 2.37. The molecule has 7 nitrogen and oxygen atoms in total. The Morgan fingerprint density at radius 3 is 1.93 bits per heavy atom. The first kappa shape index (κ1) is 35.6. The van der Waals surface area contributed by atoms with Crippen LogP contribution in [0, 0.1) is 0 Å². The molecule has 9 heteroatoms. The lowest BCUT2D eigenvalue weighted by Gasteiger charge is -2.32. The number of ether oxygens (including phenoxy) is 2. The third-order valence-electron chi connectivity index (χ3n) is 8.83. The molecule has 2 unspecified atom stereocenters. The molecule has 2 heterocycles. The van der Waals surface area contributed by atoms with Crippen LogP contribution < -0.4 is 10.9 Å². The molecule has 1 fully saturated rings. The lowest BCUT2D eigenvalue weighted by Crippen LogP contribution is -2.43. The van der Waals surface area contributed by atoms with Crippen molar-refractivity contribution in [1.82, 2.24) is 0 Å². The Bertz CT molecular complexity index is 1470. The molecule has 0 radical (unpaired) electrons. The Balaban J connectivity index is 0.000000216. The maximum atomic E-state index is 9.80. The minimum atomic E-state index is -0.786. The monoisotopic (exact) mass is 624 g/mol. The lowest BCUT2D eigenvalue weighted by molar-refractivity contribution is -0.0328. The van der Waals surface area contributed by atoms with Gasteiger partial charge in [0.1, 0.15) is 6.79 Å². The first-order chi connectivity index (χ1) is 22.2. The lowest BCUT2D eigenvalue weighted by atomic mass is 9.69. The average Bonchev–Trinajstić information content (AvgIpc) is 3.31. The number of rotatable bonds is 8. The molecule has 2 aliphatic heterocycles. The zero-order chi connectivity index (χ0) is 33.2. The number of hydrogen-bond acceptors (Lipinski definition) is 7. The first-order valence-electron chi connectivity index (χ1n) is 15.7. The van der Waals surface area contributed by atoms with Crippen LogP contribution in [0.2, 0.25) is 0 Å². The van der Waals surface area contributed by atoms with E-state index in [1.807, 2.05) is 48.5 Å². The van der Waals surface area contributed by atoms with Gasteiger partial charge in [0.05, 0.1) is 17.8 Å². The van der Waals surface area contributed by atoms with Crippen molar-refractivity contribution in [2.45, 2.75) is 50.7 Å². The normalized spacial score (nSPS) is 18.4. The molecule has 242 valence electrons. The third kappa shape index (κ3) is 8.35. The van der Waals surface area contributed by atoms with Gasteiger partial charge in [-0.05, 0) is 60.9 Å². The summed E-state index contributed by atoms with van der Waals surface area (Å²) in [5.41, 5.74) is 5.91.